The normalized spacial score (nSPS) is 12.8. The molecule has 0 aliphatic carbocycles. The number of carbonyl (C=O) groups is 1. The SMILES string of the molecule is O=C(O)C(Cc1ccccc1F)N(F)F. The van der Waals surface area contributed by atoms with Gasteiger partial charge >= 0.3 is 5.97 Å². The van der Waals surface area contributed by atoms with Crippen molar-refractivity contribution >= 4 is 5.97 Å². The molecule has 1 rings (SSSR count). The summed E-state index contributed by atoms with van der Waals surface area (Å²) in [6.07, 6.45) is -0.574. The standard InChI is InChI=1S/C9H8F3NO2/c10-7-4-2-1-3-6(7)5-8(9(14)15)13(11)12/h1-4,8H,5H2,(H,14,15). The van der Waals surface area contributed by atoms with Crippen LogP contribution in [-0.2, 0) is 11.2 Å². The van der Waals surface area contributed by atoms with Crippen molar-refractivity contribution in [1.29, 1.82) is 0 Å². The number of halogens is 3. The number of carboxylic acids is 1. The number of carboxylic acid groups (broad SMARTS) is 1. The third-order valence-electron chi connectivity index (χ3n) is 1.89. The Labute approximate surface area is 83.6 Å². The van der Waals surface area contributed by atoms with Crippen LogP contribution >= 0.6 is 0 Å². The molecule has 1 N–H and O–H groups in total. The predicted molar refractivity (Wildman–Crippen MR) is 45.6 cm³/mol. The van der Waals surface area contributed by atoms with Gasteiger partial charge in [0.25, 0.3) is 0 Å². The number of rotatable bonds is 4. The third-order valence-corrected chi connectivity index (χ3v) is 1.89. The molecule has 1 aromatic carbocycles. The Kier molecular flexibility index (Phi) is 3.68. The highest BCUT2D eigenvalue weighted by atomic mass is 19.4. The first kappa shape index (κ1) is 11.5. The number of hydrogen-bond acceptors (Lipinski definition) is 2. The van der Waals surface area contributed by atoms with Crippen molar-refractivity contribution in [3.63, 3.8) is 0 Å². The fraction of sp³-hybridized carbons (Fsp3) is 0.222. The second-order valence-corrected chi connectivity index (χ2v) is 2.91. The lowest BCUT2D eigenvalue weighted by Crippen LogP contribution is -2.33. The van der Waals surface area contributed by atoms with E-state index in [0.29, 0.717) is 0 Å². The minimum atomic E-state index is -2.03. The van der Waals surface area contributed by atoms with Crippen molar-refractivity contribution < 1.29 is 23.3 Å². The van der Waals surface area contributed by atoms with E-state index in [4.69, 9.17) is 5.11 Å². The van der Waals surface area contributed by atoms with Crippen LogP contribution in [0.4, 0.5) is 13.4 Å². The summed E-state index contributed by atoms with van der Waals surface area (Å²) in [4.78, 5) is 10.4. The highest BCUT2D eigenvalue weighted by molar-refractivity contribution is 5.73. The Morgan fingerprint density at radius 1 is 1.40 bits per heavy atom. The Balaban J connectivity index is 2.84. The lowest BCUT2D eigenvalue weighted by Gasteiger charge is -2.12. The molecule has 0 aliphatic rings. The van der Waals surface area contributed by atoms with Crippen molar-refractivity contribution in [2.45, 2.75) is 12.5 Å². The maximum Gasteiger partial charge on any atom is 0.326 e. The number of hydrogen-bond donors (Lipinski definition) is 1. The van der Waals surface area contributed by atoms with Gasteiger partial charge in [-0.3, -0.25) is 4.79 Å². The quantitative estimate of drug-likeness (QED) is 0.786. The third kappa shape index (κ3) is 2.95. The van der Waals surface area contributed by atoms with Crippen LogP contribution in [0.2, 0.25) is 0 Å². The summed E-state index contributed by atoms with van der Waals surface area (Å²) in [5, 5.41) is 7.02. The monoisotopic (exact) mass is 219 g/mol. The zero-order valence-electron chi connectivity index (χ0n) is 7.53. The van der Waals surface area contributed by atoms with Crippen LogP contribution in [-0.4, -0.2) is 22.5 Å². The average molecular weight is 219 g/mol. The highest BCUT2D eigenvalue weighted by Gasteiger charge is 2.27. The zero-order chi connectivity index (χ0) is 11.4. The van der Waals surface area contributed by atoms with Crippen LogP contribution in [0.3, 0.4) is 0 Å². The summed E-state index contributed by atoms with van der Waals surface area (Å²) in [7, 11) is 0. The molecule has 6 heteroatoms. The van der Waals surface area contributed by atoms with Crippen LogP contribution in [0.25, 0.3) is 0 Å². The van der Waals surface area contributed by atoms with Crippen molar-refractivity contribution in [2.24, 2.45) is 0 Å². The predicted octanol–water partition coefficient (Wildman–Crippen LogP) is 1.89. The molecular formula is C9H8F3NO2. The van der Waals surface area contributed by atoms with Gasteiger partial charge in [0.15, 0.2) is 6.04 Å². The summed E-state index contributed by atoms with van der Waals surface area (Å²) < 4.78 is 37.2. The lowest BCUT2D eigenvalue weighted by atomic mass is 10.1. The zero-order valence-corrected chi connectivity index (χ0v) is 7.53. The van der Waals surface area contributed by atoms with Crippen LogP contribution in [0.15, 0.2) is 24.3 Å². The van der Waals surface area contributed by atoms with Gasteiger partial charge in [0.05, 0.1) is 0 Å². The van der Waals surface area contributed by atoms with Gasteiger partial charge in [-0.05, 0) is 11.6 Å². The largest absolute Gasteiger partial charge is 0.480 e. The molecule has 0 amide bonds. The molecule has 0 fully saturated rings. The molecule has 1 atom stereocenters. The lowest BCUT2D eigenvalue weighted by molar-refractivity contribution is -0.201. The van der Waals surface area contributed by atoms with E-state index in [-0.39, 0.29) is 5.56 Å². The summed E-state index contributed by atoms with van der Waals surface area (Å²) in [5.41, 5.74) is -0.0507. The fourth-order valence-corrected chi connectivity index (χ4v) is 1.11. The Morgan fingerprint density at radius 3 is 2.47 bits per heavy atom. The summed E-state index contributed by atoms with van der Waals surface area (Å²) >= 11 is 0. The molecule has 3 nitrogen and oxygen atoms in total. The molecule has 0 bridgehead atoms. The van der Waals surface area contributed by atoms with Gasteiger partial charge in [-0.15, -0.1) is 8.96 Å². The first-order chi connectivity index (χ1) is 7.02. The second kappa shape index (κ2) is 4.79. The van der Waals surface area contributed by atoms with Gasteiger partial charge in [-0.1, -0.05) is 18.2 Å². The Hall–Kier alpha value is -1.56. The number of nitrogens with zero attached hydrogens (tertiary/aromatic N) is 1. The topological polar surface area (TPSA) is 40.5 Å². The molecule has 0 saturated heterocycles. The molecular weight excluding hydrogens is 211 g/mol. The van der Waals surface area contributed by atoms with Crippen molar-refractivity contribution in [3.8, 4) is 0 Å². The van der Waals surface area contributed by atoms with Crippen molar-refractivity contribution in [2.75, 3.05) is 0 Å². The van der Waals surface area contributed by atoms with Gasteiger partial charge in [-0.25, -0.2) is 4.39 Å². The maximum atomic E-state index is 13.0. The molecule has 15 heavy (non-hydrogen) atoms. The number of benzene rings is 1. The molecule has 0 saturated carbocycles. The van der Waals surface area contributed by atoms with E-state index < -0.39 is 29.6 Å². The van der Waals surface area contributed by atoms with Crippen LogP contribution in [0.5, 0.6) is 0 Å². The van der Waals surface area contributed by atoms with E-state index in [1.54, 1.807) is 0 Å². The van der Waals surface area contributed by atoms with E-state index in [1.165, 1.54) is 18.2 Å². The summed E-state index contributed by atoms with van der Waals surface area (Å²) in [6, 6.07) is 3.20. The molecule has 0 spiro atoms. The van der Waals surface area contributed by atoms with Gasteiger partial charge in [-0.2, -0.15) is 0 Å². The number of aliphatic carboxylic acids is 1. The molecule has 0 heterocycles. The van der Waals surface area contributed by atoms with Crippen molar-refractivity contribution in [1.82, 2.24) is 5.34 Å². The van der Waals surface area contributed by atoms with E-state index in [2.05, 4.69) is 0 Å². The smallest absolute Gasteiger partial charge is 0.326 e. The molecule has 0 aliphatic heterocycles. The van der Waals surface area contributed by atoms with E-state index >= 15 is 0 Å². The van der Waals surface area contributed by atoms with Crippen LogP contribution in [0.1, 0.15) is 5.56 Å². The Bertz CT molecular complexity index is 357. The molecule has 82 valence electrons. The Morgan fingerprint density at radius 2 is 2.00 bits per heavy atom. The highest BCUT2D eigenvalue weighted by Crippen LogP contribution is 2.13. The molecule has 1 unspecified atom stereocenters. The summed E-state index contributed by atoms with van der Waals surface area (Å²) in [5.74, 6) is -2.38. The van der Waals surface area contributed by atoms with Gasteiger partial charge < -0.3 is 5.11 Å². The first-order valence-electron chi connectivity index (χ1n) is 4.09. The molecule has 0 aromatic heterocycles. The van der Waals surface area contributed by atoms with Gasteiger partial charge in [0.2, 0.25) is 0 Å². The molecule has 1 aromatic rings. The van der Waals surface area contributed by atoms with Crippen LogP contribution < -0.4 is 0 Å². The van der Waals surface area contributed by atoms with E-state index in [9.17, 15) is 18.1 Å². The van der Waals surface area contributed by atoms with Gasteiger partial charge in [0, 0.05) is 11.8 Å². The first-order valence-corrected chi connectivity index (χ1v) is 4.09. The minimum absolute atomic E-state index is 0.0507. The summed E-state index contributed by atoms with van der Waals surface area (Å²) in [6.45, 7) is 0. The van der Waals surface area contributed by atoms with Crippen molar-refractivity contribution in [3.05, 3.63) is 35.6 Å². The minimum Gasteiger partial charge on any atom is -0.480 e. The van der Waals surface area contributed by atoms with E-state index in [0.717, 1.165) is 6.07 Å². The van der Waals surface area contributed by atoms with E-state index in [1.807, 2.05) is 0 Å². The average Bonchev–Trinajstić information content (AvgIpc) is 2.15. The second-order valence-electron chi connectivity index (χ2n) is 2.91. The van der Waals surface area contributed by atoms with Crippen LogP contribution in [0, 0.1) is 5.82 Å². The van der Waals surface area contributed by atoms with Gasteiger partial charge in [0.1, 0.15) is 5.82 Å². The molecule has 0 radical (unpaired) electrons. The fourth-order valence-electron chi connectivity index (χ4n) is 1.11. The maximum absolute atomic E-state index is 13.0.